The van der Waals surface area contributed by atoms with Gasteiger partial charge in [-0.1, -0.05) is 0 Å². The minimum Gasteiger partial charge on any atom is -0.507 e. The summed E-state index contributed by atoms with van der Waals surface area (Å²) in [6.07, 6.45) is 3.27. The highest BCUT2D eigenvalue weighted by molar-refractivity contribution is 5.92. The van der Waals surface area contributed by atoms with Crippen LogP contribution in [0.3, 0.4) is 0 Å². The molecular weight excluding hydrogens is 176 g/mol. The topological polar surface area (TPSA) is 45.0 Å². The van der Waals surface area contributed by atoms with Gasteiger partial charge in [-0.2, -0.15) is 0 Å². The summed E-state index contributed by atoms with van der Waals surface area (Å²) < 4.78 is 0. The monoisotopic (exact) mass is 190 g/mol. The summed E-state index contributed by atoms with van der Waals surface area (Å²) in [6, 6.07) is 3.77. The Morgan fingerprint density at radius 3 is 1.86 bits per heavy atom. The average molecular weight is 190 g/mol. The maximum Gasteiger partial charge on any atom is 0.133 e. The first-order valence-corrected chi connectivity index (χ1v) is 4.37. The fraction of sp³-hybridized carbons (Fsp3) is 0.273. The van der Waals surface area contributed by atoms with E-state index < -0.39 is 0 Å². The molecule has 0 atom stereocenters. The van der Waals surface area contributed by atoms with E-state index in [4.69, 9.17) is 0 Å². The minimum atomic E-state index is 0.229. The molecule has 0 fully saturated rings. The number of aromatic hydroxyl groups is 1. The molecule has 14 heavy (non-hydrogen) atoms. The molecule has 74 valence electrons. The van der Waals surface area contributed by atoms with Crippen molar-refractivity contribution in [3.8, 4) is 5.75 Å². The number of phenolic OH excluding ortho intramolecular Hbond substituents is 1. The first kappa shape index (κ1) is 10.4. The summed E-state index contributed by atoms with van der Waals surface area (Å²) in [6.45, 7) is 1.97. The Kier molecular flexibility index (Phi) is 3.40. The van der Waals surface area contributed by atoms with E-state index in [1.165, 1.54) is 0 Å². The molecule has 0 aromatic heterocycles. The molecule has 1 aromatic carbocycles. The molecule has 0 bridgehead atoms. The van der Waals surface area contributed by atoms with Crippen molar-refractivity contribution in [2.75, 3.05) is 14.1 Å². The minimum absolute atomic E-state index is 0.229. The number of benzene rings is 1. The Balaban J connectivity index is 3.31. The normalized spacial score (nSPS) is 11.6. The Morgan fingerprint density at radius 1 is 1.07 bits per heavy atom. The van der Waals surface area contributed by atoms with E-state index in [-0.39, 0.29) is 5.75 Å². The lowest BCUT2D eigenvalue weighted by Gasteiger charge is -2.04. The van der Waals surface area contributed by atoms with E-state index in [1.807, 2.05) is 19.1 Å². The van der Waals surface area contributed by atoms with E-state index in [0.29, 0.717) is 0 Å². The second kappa shape index (κ2) is 4.56. The lowest BCUT2D eigenvalue weighted by atomic mass is 10.1. The van der Waals surface area contributed by atoms with E-state index in [0.717, 1.165) is 16.7 Å². The standard InChI is InChI=1S/C11H14N2O/c1-8-4-9(6-12-2)11(14)10(5-8)7-13-3/h4-7,14H,1-3H3. The van der Waals surface area contributed by atoms with Gasteiger partial charge < -0.3 is 5.11 Å². The van der Waals surface area contributed by atoms with Gasteiger partial charge in [-0.05, 0) is 24.6 Å². The van der Waals surface area contributed by atoms with Gasteiger partial charge in [-0.3, -0.25) is 9.98 Å². The third-order valence-corrected chi connectivity index (χ3v) is 1.85. The maximum absolute atomic E-state index is 9.79. The third kappa shape index (κ3) is 2.19. The molecule has 0 heterocycles. The molecule has 3 nitrogen and oxygen atoms in total. The lowest BCUT2D eigenvalue weighted by molar-refractivity contribution is 0.473. The number of aliphatic imine (C=N–C) groups is 2. The molecule has 0 saturated heterocycles. The Morgan fingerprint density at radius 2 is 1.50 bits per heavy atom. The molecule has 1 aromatic rings. The van der Waals surface area contributed by atoms with Crippen LogP contribution in [-0.4, -0.2) is 31.6 Å². The Labute approximate surface area is 83.8 Å². The van der Waals surface area contributed by atoms with Crippen LogP contribution in [0, 0.1) is 6.92 Å². The molecule has 1 rings (SSSR count). The number of nitrogens with zero attached hydrogens (tertiary/aromatic N) is 2. The Hall–Kier alpha value is -1.64. The van der Waals surface area contributed by atoms with Gasteiger partial charge in [0.1, 0.15) is 5.75 Å². The highest BCUT2D eigenvalue weighted by Crippen LogP contribution is 2.21. The number of rotatable bonds is 2. The molecule has 0 saturated carbocycles. The zero-order valence-electron chi connectivity index (χ0n) is 8.65. The molecular formula is C11H14N2O. The number of hydrogen-bond acceptors (Lipinski definition) is 3. The van der Waals surface area contributed by atoms with Crippen molar-refractivity contribution in [2.45, 2.75) is 6.92 Å². The highest BCUT2D eigenvalue weighted by atomic mass is 16.3. The van der Waals surface area contributed by atoms with Crippen LogP contribution in [0.15, 0.2) is 22.1 Å². The van der Waals surface area contributed by atoms with Crippen molar-refractivity contribution >= 4 is 12.4 Å². The Bertz CT molecular complexity index is 348. The molecule has 1 N–H and O–H groups in total. The van der Waals surface area contributed by atoms with Crippen LogP contribution in [0.1, 0.15) is 16.7 Å². The van der Waals surface area contributed by atoms with Crippen molar-refractivity contribution in [3.05, 3.63) is 28.8 Å². The molecule has 0 aliphatic heterocycles. The van der Waals surface area contributed by atoms with Gasteiger partial charge >= 0.3 is 0 Å². The second-order valence-electron chi connectivity index (χ2n) is 3.07. The smallest absolute Gasteiger partial charge is 0.133 e. The van der Waals surface area contributed by atoms with E-state index in [1.54, 1.807) is 26.5 Å². The molecule has 0 unspecified atom stereocenters. The van der Waals surface area contributed by atoms with Crippen LogP contribution >= 0.6 is 0 Å². The third-order valence-electron chi connectivity index (χ3n) is 1.85. The molecule has 0 spiro atoms. The largest absolute Gasteiger partial charge is 0.507 e. The van der Waals surface area contributed by atoms with Gasteiger partial charge in [0.2, 0.25) is 0 Å². The van der Waals surface area contributed by atoms with Crippen LogP contribution in [0.5, 0.6) is 5.75 Å². The van der Waals surface area contributed by atoms with Crippen molar-refractivity contribution in [1.29, 1.82) is 0 Å². The van der Waals surface area contributed by atoms with E-state index >= 15 is 0 Å². The zero-order chi connectivity index (χ0) is 10.6. The fourth-order valence-corrected chi connectivity index (χ4v) is 1.31. The fourth-order valence-electron chi connectivity index (χ4n) is 1.31. The van der Waals surface area contributed by atoms with Crippen LogP contribution in [0.2, 0.25) is 0 Å². The first-order valence-electron chi connectivity index (χ1n) is 4.37. The van der Waals surface area contributed by atoms with E-state index in [9.17, 15) is 5.11 Å². The van der Waals surface area contributed by atoms with Crippen molar-refractivity contribution in [3.63, 3.8) is 0 Å². The van der Waals surface area contributed by atoms with Crippen LogP contribution in [0.4, 0.5) is 0 Å². The number of phenols is 1. The predicted octanol–water partition coefficient (Wildman–Crippen LogP) is 1.80. The second-order valence-corrected chi connectivity index (χ2v) is 3.07. The quantitative estimate of drug-likeness (QED) is 0.710. The SMILES string of the molecule is CN=Cc1cc(C)cc(C=NC)c1O. The van der Waals surface area contributed by atoms with Crippen LogP contribution in [-0.2, 0) is 0 Å². The lowest BCUT2D eigenvalue weighted by Crippen LogP contribution is -1.91. The van der Waals surface area contributed by atoms with Gasteiger partial charge in [0, 0.05) is 37.7 Å². The summed E-state index contributed by atoms with van der Waals surface area (Å²) in [4.78, 5) is 7.76. The summed E-state index contributed by atoms with van der Waals surface area (Å²) in [5.41, 5.74) is 2.53. The molecule has 0 amide bonds. The zero-order valence-corrected chi connectivity index (χ0v) is 8.65. The number of aryl methyl sites for hydroxylation is 1. The summed E-state index contributed by atoms with van der Waals surface area (Å²) in [5.74, 6) is 0.229. The summed E-state index contributed by atoms with van der Waals surface area (Å²) >= 11 is 0. The molecule has 0 aliphatic rings. The number of hydrogen-bond donors (Lipinski definition) is 1. The molecule has 0 radical (unpaired) electrons. The van der Waals surface area contributed by atoms with Crippen LogP contribution < -0.4 is 0 Å². The predicted molar refractivity (Wildman–Crippen MR) is 59.9 cm³/mol. The van der Waals surface area contributed by atoms with Gasteiger partial charge in [-0.15, -0.1) is 0 Å². The van der Waals surface area contributed by atoms with E-state index in [2.05, 4.69) is 9.98 Å². The van der Waals surface area contributed by atoms with Crippen molar-refractivity contribution in [1.82, 2.24) is 0 Å². The average Bonchev–Trinajstić information content (AvgIpc) is 2.14. The van der Waals surface area contributed by atoms with Crippen LogP contribution in [0.25, 0.3) is 0 Å². The van der Waals surface area contributed by atoms with Gasteiger partial charge in [-0.25, -0.2) is 0 Å². The summed E-state index contributed by atoms with van der Waals surface area (Å²) in [5, 5.41) is 9.79. The molecule has 3 heteroatoms. The highest BCUT2D eigenvalue weighted by Gasteiger charge is 2.04. The van der Waals surface area contributed by atoms with Crippen molar-refractivity contribution < 1.29 is 5.11 Å². The van der Waals surface area contributed by atoms with Gasteiger partial charge in [0.15, 0.2) is 0 Å². The van der Waals surface area contributed by atoms with Crippen molar-refractivity contribution in [2.24, 2.45) is 9.98 Å². The maximum atomic E-state index is 9.79. The van der Waals surface area contributed by atoms with Gasteiger partial charge in [0.25, 0.3) is 0 Å². The van der Waals surface area contributed by atoms with Gasteiger partial charge in [0.05, 0.1) is 0 Å². The summed E-state index contributed by atoms with van der Waals surface area (Å²) in [7, 11) is 3.35. The molecule has 0 aliphatic carbocycles. The first-order chi connectivity index (χ1) is 6.69.